The molecule has 0 radical (unpaired) electrons. The predicted molar refractivity (Wildman–Crippen MR) is 84.7 cm³/mol. The van der Waals surface area contributed by atoms with Crippen LogP contribution in [0.3, 0.4) is 0 Å². The summed E-state index contributed by atoms with van der Waals surface area (Å²) >= 11 is 6.23. The number of fused-ring (bicyclic) bond motifs is 1. The minimum Gasteiger partial charge on any atom is -0.461 e. The van der Waals surface area contributed by atoms with E-state index in [0.717, 1.165) is 22.0 Å². The van der Waals surface area contributed by atoms with Gasteiger partial charge in [0.1, 0.15) is 5.69 Å². The molecule has 4 heteroatoms. The zero-order valence-corrected chi connectivity index (χ0v) is 12.3. The van der Waals surface area contributed by atoms with Gasteiger partial charge in [0, 0.05) is 10.9 Å². The van der Waals surface area contributed by atoms with Crippen LogP contribution in [0.4, 0.5) is 0 Å². The molecule has 3 aromatic rings. The molecule has 0 aliphatic carbocycles. The molecule has 0 atom stereocenters. The molecule has 0 spiro atoms. The highest BCUT2D eigenvalue weighted by molar-refractivity contribution is 6.35. The van der Waals surface area contributed by atoms with Crippen molar-refractivity contribution in [2.75, 3.05) is 6.61 Å². The first-order chi connectivity index (χ1) is 10.2. The fraction of sp³-hybridized carbons (Fsp3) is 0.118. The maximum absolute atomic E-state index is 12.2. The van der Waals surface area contributed by atoms with Gasteiger partial charge in [-0.05, 0) is 18.6 Å². The Bertz CT molecular complexity index is 793. The van der Waals surface area contributed by atoms with E-state index in [9.17, 15) is 4.79 Å². The van der Waals surface area contributed by atoms with Crippen molar-refractivity contribution in [1.82, 2.24) is 4.98 Å². The number of aromatic nitrogens is 1. The van der Waals surface area contributed by atoms with E-state index < -0.39 is 0 Å². The van der Waals surface area contributed by atoms with Crippen molar-refractivity contribution in [1.29, 1.82) is 0 Å². The lowest BCUT2D eigenvalue weighted by Crippen LogP contribution is -2.06. The molecule has 106 valence electrons. The van der Waals surface area contributed by atoms with E-state index in [1.165, 1.54) is 0 Å². The molecule has 3 rings (SSSR count). The molecule has 1 aromatic heterocycles. The highest BCUT2D eigenvalue weighted by Gasteiger charge is 2.20. The minimum absolute atomic E-state index is 0.330. The molecule has 1 heterocycles. The number of hydrogen-bond acceptors (Lipinski definition) is 2. The average Bonchev–Trinajstić information content (AvgIpc) is 2.89. The van der Waals surface area contributed by atoms with E-state index in [-0.39, 0.29) is 5.97 Å². The molecule has 2 aromatic carbocycles. The zero-order valence-electron chi connectivity index (χ0n) is 11.5. The Morgan fingerprint density at radius 2 is 1.90 bits per heavy atom. The molecule has 0 aliphatic heterocycles. The third-order valence-electron chi connectivity index (χ3n) is 3.32. The fourth-order valence-electron chi connectivity index (χ4n) is 2.44. The minimum atomic E-state index is -0.372. The van der Waals surface area contributed by atoms with Gasteiger partial charge in [-0.25, -0.2) is 4.79 Å². The summed E-state index contributed by atoms with van der Waals surface area (Å²) in [6.45, 7) is 2.12. The van der Waals surface area contributed by atoms with Crippen molar-refractivity contribution < 1.29 is 9.53 Å². The number of ether oxygens (including phenoxy) is 1. The topological polar surface area (TPSA) is 42.1 Å². The number of aromatic amines is 1. The van der Waals surface area contributed by atoms with Crippen molar-refractivity contribution in [3.63, 3.8) is 0 Å². The lowest BCUT2D eigenvalue weighted by atomic mass is 10.0. The molecular weight excluding hydrogens is 286 g/mol. The Morgan fingerprint density at radius 1 is 1.14 bits per heavy atom. The highest BCUT2D eigenvalue weighted by atomic mass is 35.5. The van der Waals surface area contributed by atoms with Gasteiger partial charge in [-0.15, -0.1) is 0 Å². The van der Waals surface area contributed by atoms with E-state index >= 15 is 0 Å². The number of nitrogens with one attached hydrogen (secondary N) is 1. The number of para-hydroxylation sites is 1. The monoisotopic (exact) mass is 299 g/mol. The Morgan fingerprint density at radius 3 is 2.62 bits per heavy atom. The van der Waals surface area contributed by atoms with Crippen LogP contribution in [-0.2, 0) is 4.74 Å². The standard InChI is InChI=1S/C17H14ClNO2/c1-2-21-17(20)16-14(11-7-4-3-5-8-11)12-9-6-10-13(18)15(12)19-16/h3-10,19H,2H2,1H3. The van der Waals surface area contributed by atoms with Crippen LogP contribution in [-0.4, -0.2) is 17.6 Å². The summed E-state index contributed by atoms with van der Waals surface area (Å²) in [5, 5.41) is 1.50. The molecule has 0 bridgehead atoms. The van der Waals surface area contributed by atoms with Gasteiger partial charge in [0.05, 0.1) is 17.1 Å². The van der Waals surface area contributed by atoms with Gasteiger partial charge in [0.15, 0.2) is 0 Å². The van der Waals surface area contributed by atoms with Crippen LogP contribution < -0.4 is 0 Å². The molecule has 21 heavy (non-hydrogen) atoms. The lowest BCUT2D eigenvalue weighted by molar-refractivity contribution is 0.0521. The number of benzene rings is 2. The van der Waals surface area contributed by atoms with Crippen LogP contribution in [0.1, 0.15) is 17.4 Å². The fourth-order valence-corrected chi connectivity index (χ4v) is 2.66. The van der Waals surface area contributed by atoms with Gasteiger partial charge < -0.3 is 9.72 Å². The second-order valence-corrected chi connectivity index (χ2v) is 5.03. The van der Waals surface area contributed by atoms with E-state index in [4.69, 9.17) is 16.3 Å². The second kappa shape index (κ2) is 5.62. The normalized spacial score (nSPS) is 10.8. The smallest absolute Gasteiger partial charge is 0.355 e. The summed E-state index contributed by atoms with van der Waals surface area (Å²) < 4.78 is 5.15. The Hall–Kier alpha value is -2.26. The summed E-state index contributed by atoms with van der Waals surface area (Å²) in [5.74, 6) is -0.372. The van der Waals surface area contributed by atoms with Crippen LogP contribution in [0.2, 0.25) is 5.02 Å². The van der Waals surface area contributed by atoms with Gasteiger partial charge in [-0.3, -0.25) is 0 Å². The molecule has 0 fully saturated rings. The second-order valence-electron chi connectivity index (χ2n) is 4.62. The van der Waals surface area contributed by atoms with Crippen LogP contribution in [0.25, 0.3) is 22.0 Å². The van der Waals surface area contributed by atoms with Crippen molar-refractivity contribution in [2.45, 2.75) is 6.92 Å². The molecule has 3 nitrogen and oxygen atoms in total. The van der Waals surface area contributed by atoms with Gasteiger partial charge in [-0.2, -0.15) is 0 Å². The maximum atomic E-state index is 12.2. The van der Waals surface area contributed by atoms with Crippen LogP contribution >= 0.6 is 11.6 Å². The van der Waals surface area contributed by atoms with E-state index in [0.29, 0.717) is 17.3 Å². The largest absolute Gasteiger partial charge is 0.461 e. The van der Waals surface area contributed by atoms with Crippen molar-refractivity contribution in [3.8, 4) is 11.1 Å². The van der Waals surface area contributed by atoms with E-state index in [1.54, 1.807) is 13.0 Å². The number of carbonyl (C=O) groups is 1. The molecular formula is C17H14ClNO2. The number of esters is 1. The van der Waals surface area contributed by atoms with Gasteiger partial charge in [0.2, 0.25) is 0 Å². The molecule has 0 saturated heterocycles. The summed E-state index contributed by atoms with van der Waals surface area (Å²) in [5.41, 5.74) is 2.97. The molecule has 1 N–H and O–H groups in total. The Balaban J connectivity index is 2.31. The van der Waals surface area contributed by atoms with Gasteiger partial charge >= 0.3 is 5.97 Å². The first-order valence-corrected chi connectivity index (χ1v) is 7.13. The lowest BCUT2D eigenvalue weighted by Gasteiger charge is -2.04. The number of H-pyrrole nitrogens is 1. The Labute approximate surface area is 127 Å². The van der Waals surface area contributed by atoms with Gasteiger partial charge in [-0.1, -0.05) is 54.1 Å². The number of hydrogen-bond donors (Lipinski definition) is 1. The van der Waals surface area contributed by atoms with Crippen molar-refractivity contribution >= 4 is 28.5 Å². The number of halogens is 1. The SMILES string of the molecule is CCOC(=O)c1[nH]c2c(Cl)cccc2c1-c1ccccc1. The maximum Gasteiger partial charge on any atom is 0.355 e. The molecule has 0 aliphatic rings. The first kappa shape index (κ1) is 13.7. The predicted octanol–water partition coefficient (Wildman–Crippen LogP) is 4.67. The first-order valence-electron chi connectivity index (χ1n) is 6.75. The zero-order chi connectivity index (χ0) is 14.8. The van der Waals surface area contributed by atoms with Gasteiger partial charge in [0.25, 0.3) is 0 Å². The highest BCUT2D eigenvalue weighted by Crippen LogP contribution is 2.35. The summed E-state index contributed by atoms with van der Waals surface area (Å²) in [6, 6.07) is 15.4. The van der Waals surface area contributed by atoms with Crippen LogP contribution in [0.5, 0.6) is 0 Å². The summed E-state index contributed by atoms with van der Waals surface area (Å²) in [6.07, 6.45) is 0. The van der Waals surface area contributed by atoms with Crippen LogP contribution in [0.15, 0.2) is 48.5 Å². The molecule has 0 saturated carbocycles. The van der Waals surface area contributed by atoms with E-state index in [1.807, 2.05) is 42.5 Å². The summed E-state index contributed by atoms with van der Waals surface area (Å²) in [7, 11) is 0. The van der Waals surface area contributed by atoms with Crippen molar-refractivity contribution in [3.05, 3.63) is 59.2 Å². The quantitative estimate of drug-likeness (QED) is 0.714. The number of rotatable bonds is 3. The molecule has 0 unspecified atom stereocenters. The van der Waals surface area contributed by atoms with Crippen LogP contribution in [0, 0.1) is 0 Å². The third-order valence-corrected chi connectivity index (χ3v) is 3.64. The Kier molecular flexibility index (Phi) is 3.67. The third kappa shape index (κ3) is 2.41. The van der Waals surface area contributed by atoms with Crippen molar-refractivity contribution in [2.24, 2.45) is 0 Å². The molecule has 0 amide bonds. The van der Waals surface area contributed by atoms with E-state index in [2.05, 4.69) is 4.98 Å². The number of carbonyl (C=O) groups excluding carboxylic acids is 1. The summed E-state index contributed by atoms with van der Waals surface area (Å²) in [4.78, 5) is 15.3. The average molecular weight is 300 g/mol.